The van der Waals surface area contributed by atoms with Crippen molar-refractivity contribution in [3.8, 4) is 28.4 Å². The van der Waals surface area contributed by atoms with E-state index in [0.29, 0.717) is 23.2 Å². The molecule has 3 heterocycles. The zero-order valence-electron chi connectivity index (χ0n) is 21.5. The average Bonchev–Trinajstić information content (AvgIpc) is 3.31. The van der Waals surface area contributed by atoms with Crippen molar-refractivity contribution in [2.75, 3.05) is 5.32 Å². The van der Waals surface area contributed by atoms with E-state index >= 15 is 0 Å². The number of nitrogens with one attached hydrogen (secondary N) is 2. The number of rotatable bonds is 8. The summed E-state index contributed by atoms with van der Waals surface area (Å²) in [5.74, 6) is 1.76. The number of carbonyl (C=O) groups excluding carboxylic acids is 1. The van der Waals surface area contributed by atoms with Crippen LogP contribution in [-0.4, -0.2) is 25.4 Å². The highest BCUT2D eigenvalue weighted by molar-refractivity contribution is 5.92. The molecule has 200 valence electrons. The van der Waals surface area contributed by atoms with Gasteiger partial charge >= 0.3 is 5.91 Å². The minimum atomic E-state index is -0.488. The second kappa shape index (κ2) is 11.0. The Kier molecular flexibility index (Phi) is 6.75. The molecule has 0 saturated heterocycles. The summed E-state index contributed by atoms with van der Waals surface area (Å²) in [4.78, 5) is 30.8. The van der Waals surface area contributed by atoms with Crippen molar-refractivity contribution in [2.45, 2.75) is 0 Å². The molecule has 9 nitrogen and oxygen atoms in total. The largest absolute Gasteiger partial charge is 0.457 e. The fourth-order valence-corrected chi connectivity index (χ4v) is 4.19. The summed E-state index contributed by atoms with van der Waals surface area (Å²) < 4.78 is 8.02. The van der Waals surface area contributed by atoms with Crippen LogP contribution in [0, 0.1) is 0 Å². The maximum Gasteiger partial charge on any atom is 0.302 e. The molecule has 0 aliphatic rings. The first-order valence-corrected chi connectivity index (χ1v) is 12.5. The van der Waals surface area contributed by atoms with Gasteiger partial charge in [0.15, 0.2) is 5.75 Å². The minimum absolute atomic E-state index is 0. The summed E-state index contributed by atoms with van der Waals surface area (Å²) in [5.41, 5.74) is 7.34. The third-order valence-electron chi connectivity index (χ3n) is 6.19. The van der Waals surface area contributed by atoms with Gasteiger partial charge in [-0.1, -0.05) is 30.3 Å². The van der Waals surface area contributed by atoms with Gasteiger partial charge in [-0.05, 0) is 65.7 Å². The lowest BCUT2D eigenvalue weighted by atomic mass is 10.1. The van der Waals surface area contributed by atoms with E-state index in [1.54, 1.807) is 36.7 Å². The summed E-state index contributed by atoms with van der Waals surface area (Å²) in [7, 11) is 1.95. The molecule has 9 heteroatoms. The molecule has 0 saturated carbocycles. The standard InChI is InChI=1S/C31H24N6O3.2H2/c1-37-29-11-10-25(39-26-14-17-33-28(20-26)30(38)36-40-24-8-3-2-4-9-24)19-27(29)35-31(37)34-23-7-5-6-22(18-23)21-12-15-32-16-13-21;;/h2-20H,1H3,(H,34,35)(H,36,38);2*1H. The Balaban J connectivity index is 0.00000202. The van der Waals surface area contributed by atoms with Crippen LogP contribution >= 0.6 is 0 Å². The summed E-state index contributed by atoms with van der Waals surface area (Å²) in [6, 6.07) is 29.9. The molecule has 0 unspecified atom stereocenters. The Morgan fingerprint density at radius 3 is 2.48 bits per heavy atom. The summed E-state index contributed by atoms with van der Waals surface area (Å²) in [6.45, 7) is 0. The number of carbonyl (C=O) groups is 1. The van der Waals surface area contributed by atoms with Gasteiger partial charge in [0, 0.05) is 46.3 Å². The lowest BCUT2D eigenvalue weighted by Gasteiger charge is -2.09. The lowest BCUT2D eigenvalue weighted by molar-refractivity contribution is 0.0754. The lowest BCUT2D eigenvalue weighted by Crippen LogP contribution is -2.27. The number of anilines is 2. The molecule has 0 radical (unpaired) electrons. The maximum absolute atomic E-state index is 12.5. The van der Waals surface area contributed by atoms with E-state index in [1.165, 1.54) is 6.20 Å². The third kappa shape index (κ3) is 5.44. The van der Waals surface area contributed by atoms with Gasteiger partial charge in [0.2, 0.25) is 5.95 Å². The van der Waals surface area contributed by atoms with Crippen LogP contribution in [0.4, 0.5) is 11.6 Å². The van der Waals surface area contributed by atoms with E-state index in [9.17, 15) is 4.79 Å². The molecule has 40 heavy (non-hydrogen) atoms. The van der Waals surface area contributed by atoms with Gasteiger partial charge in [-0.3, -0.25) is 14.8 Å². The predicted molar refractivity (Wildman–Crippen MR) is 157 cm³/mol. The van der Waals surface area contributed by atoms with Crippen LogP contribution in [0.25, 0.3) is 22.2 Å². The van der Waals surface area contributed by atoms with Crippen LogP contribution in [-0.2, 0) is 7.05 Å². The smallest absolute Gasteiger partial charge is 0.302 e. The Labute approximate surface area is 233 Å². The highest BCUT2D eigenvalue weighted by Crippen LogP contribution is 2.29. The van der Waals surface area contributed by atoms with Gasteiger partial charge < -0.3 is 19.5 Å². The fraction of sp³-hybridized carbons (Fsp3) is 0.0323. The SMILES string of the molecule is Cn1c(Nc2cccc(-c3ccncc3)c2)nc2cc(Oc3ccnc(C(=O)NOc4ccccc4)c3)ccc21.[HH].[HH]. The number of para-hydroxylation sites is 1. The van der Waals surface area contributed by atoms with E-state index in [1.807, 2.05) is 72.3 Å². The summed E-state index contributed by atoms with van der Waals surface area (Å²) >= 11 is 0. The van der Waals surface area contributed by atoms with Gasteiger partial charge in [0.25, 0.3) is 0 Å². The Morgan fingerprint density at radius 2 is 1.62 bits per heavy atom. The van der Waals surface area contributed by atoms with Crippen molar-refractivity contribution < 1.29 is 17.2 Å². The zero-order valence-corrected chi connectivity index (χ0v) is 21.5. The van der Waals surface area contributed by atoms with E-state index in [-0.39, 0.29) is 8.55 Å². The van der Waals surface area contributed by atoms with Crippen molar-refractivity contribution in [1.29, 1.82) is 0 Å². The Bertz CT molecular complexity index is 1800. The molecule has 0 fully saturated rings. The maximum atomic E-state index is 12.5. The number of imidazole rings is 1. The number of aryl methyl sites for hydroxylation is 1. The Morgan fingerprint density at radius 1 is 0.800 bits per heavy atom. The second-order valence-corrected chi connectivity index (χ2v) is 8.91. The number of fused-ring (bicyclic) bond motifs is 1. The van der Waals surface area contributed by atoms with E-state index in [2.05, 4.69) is 32.9 Å². The quantitative estimate of drug-likeness (QED) is 0.208. The molecule has 0 spiro atoms. The van der Waals surface area contributed by atoms with Gasteiger partial charge in [-0.15, -0.1) is 0 Å². The number of hydroxylamine groups is 1. The summed E-state index contributed by atoms with van der Waals surface area (Å²) in [6.07, 6.45) is 5.07. The van der Waals surface area contributed by atoms with E-state index < -0.39 is 5.91 Å². The molecule has 3 aromatic heterocycles. The molecular formula is C31H28N6O3. The number of pyridine rings is 2. The van der Waals surface area contributed by atoms with E-state index in [0.717, 1.165) is 27.8 Å². The topological polar surface area (TPSA) is 103 Å². The molecule has 1 amide bonds. The molecule has 0 aliphatic carbocycles. The second-order valence-electron chi connectivity index (χ2n) is 8.91. The van der Waals surface area contributed by atoms with Crippen molar-refractivity contribution in [3.05, 3.63) is 121 Å². The highest BCUT2D eigenvalue weighted by Gasteiger charge is 2.12. The summed E-state index contributed by atoms with van der Waals surface area (Å²) in [5, 5.41) is 3.42. The van der Waals surface area contributed by atoms with Gasteiger partial charge in [-0.25, -0.2) is 4.98 Å². The van der Waals surface area contributed by atoms with Gasteiger partial charge in [0.05, 0.1) is 11.0 Å². The van der Waals surface area contributed by atoms with Crippen molar-refractivity contribution in [1.82, 2.24) is 25.0 Å². The number of ether oxygens (including phenoxy) is 1. The number of nitrogens with zero attached hydrogens (tertiary/aromatic N) is 4. The van der Waals surface area contributed by atoms with Crippen molar-refractivity contribution in [2.24, 2.45) is 7.05 Å². The normalized spacial score (nSPS) is 10.7. The van der Waals surface area contributed by atoms with Crippen LogP contribution in [0.1, 0.15) is 13.3 Å². The van der Waals surface area contributed by atoms with Crippen LogP contribution in [0.3, 0.4) is 0 Å². The number of hydrogen-bond donors (Lipinski definition) is 2. The number of hydrogen-bond acceptors (Lipinski definition) is 7. The Hall–Kier alpha value is -5.70. The van der Waals surface area contributed by atoms with Crippen LogP contribution in [0.2, 0.25) is 0 Å². The minimum Gasteiger partial charge on any atom is -0.457 e. The first-order chi connectivity index (χ1) is 19.6. The third-order valence-corrected chi connectivity index (χ3v) is 6.19. The van der Waals surface area contributed by atoms with Crippen LogP contribution in [0.15, 0.2) is 116 Å². The van der Waals surface area contributed by atoms with Crippen LogP contribution < -0.4 is 20.4 Å². The van der Waals surface area contributed by atoms with Crippen LogP contribution in [0.5, 0.6) is 17.2 Å². The molecule has 6 rings (SSSR count). The number of benzene rings is 3. The first-order valence-electron chi connectivity index (χ1n) is 12.5. The average molecular weight is 533 g/mol. The first kappa shape index (κ1) is 24.6. The number of aromatic nitrogens is 4. The monoisotopic (exact) mass is 532 g/mol. The van der Waals surface area contributed by atoms with Gasteiger partial charge in [-0.2, -0.15) is 5.48 Å². The zero-order chi connectivity index (χ0) is 27.3. The molecule has 3 aromatic carbocycles. The molecule has 0 aliphatic heterocycles. The molecule has 0 bridgehead atoms. The highest BCUT2D eigenvalue weighted by atomic mass is 16.7. The van der Waals surface area contributed by atoms with Crippen molar-refractivity contribution in [3.63, 3.8) is 0 Å². The molecular weight excluding hydrogens is 504 g/mol. The molecule has 0 atom stereocenters. The molecule has 2 N–H and O–H groups in total. The van der Waals surface area contributed by atoms with Gasteiger partial charge in [0.1, 0.15) is 17.2 Å². The van der Waals surface area contributed by atoms with E-state index in [4.69, 9.17) is 14.6 Å². The van der Waals surface area contributed by atoms with Crippen molar-refractivity contribution >= 4 is 28.6 Å². The number of amides is 1. The molecule has 6 aromatic rings. The fourth-order valence-electron chi connectivity index (χ4n) is 4.19. The predicted octanol–water partition coefficient (Wildman–Crippen LogP) is 6.78.